The SMILES string of the molecule is CC1(C)C(=O)Nc2ccc(NC(=O)c3cc4ccccc4oc3=O)cc21. The van der Waals surface area contributed by atoms with E-state index in [9.17, 15) is 14.4 Å². The smallest absolute Gasteiger partial charge is 0.349 e. The molecule has 2 amide bonds. The highest BCUT2D eigenvalue weighted by Gasteiger charge is 2.38. The first kappa shape index (κ1) is 16.1. The average molecular weight is 348 g/mol. The highest BCUT2D eigenvalue weighted by Crippen LogP contribution is 2.38. The number of benzene rings is 2. The minimum absolute atomic E-state index is 0.0716. The van der Waals surface area contributed by atoms with Gasteiger partial charge in [0.1, 0.15) is 11.1 Å². The highest BCUT2D eigenvalue weighted by atomic mass is 16.4. The fourth-order valence-corrected chi connectivity index (χ4v) is 3.07. The summed E-state index contributed by atoms with van der Waals surface area (Å²) in [6.07, 6.45) is 0. The molecule has 0 bridgehead atoms. The molecule has 0 aliphatic carbocycles. The predicted molar refractivity (Wildman–Crippen MR) is 98.5 cm³/mol. The van der Waals surface area contributed by atoms with Crippen molar-refractivity contribution < 1.29 is 14.0 Å². The Morgan fingerprint density at radius 3 is 2.65 bits per heavy atom. The summed E-state index contributed by atoms with van der Waals surface area (Å²) in [5.74, 6) is -0.648. The number of nitrogens with one attached hydrogen (secondary N) is 2. The first-order valence-electron chi connectivity index (χ1n) is 8.16. The summed E-state index contributed by atoms with van der Waals surface area (Å²) in [6, 6.07) is 13.7. The molecule has 0 unspecified atom stereocenters. The highest BCUT2D eigenvalue weighted by molar-refractivity contribution is 6.08. The maximum Gasteiger partial charge on any atom is 0.349 e. The number of amides is 2. The summed E-state index contributed by atoms with van der Waals surface area (Å²) in [5, 5.41) is 6.19. The molecule has 0 saturated heterocycles. The second-order valence-electron chi connectivity index (χ2n) is 6.78. The van der Waals surface area contributed by atoms with Crippen LogP contribution < -0.4 is 16.3 Å². The third kappa shape index (κ3) is 2.47. The molecule has 0 radical (unpaired) electrons. The quantitative estimate of drug-likeness (QED) is 0.696. The largest absolute Gasteiger partial charge is 0.422 e. The van der Waals surface area contributed by atoms with Crippen LogP contribution in [0, 0.1) is 0 Å². The van der Waals surface area contributed by atoms with Gasteiger partial charge in [-0.1, -0.05) is 18.2 Å². The predicted octanol–water partition coefficient (Wildman–Crippen LogP) is 3.28. The van der Waals surface area contributed by atoms with Crippen LogP contribution in [0.25, 0.3) is 11.0 Å². The molecule has 1 aliphatic rings. The second kappa shape index (κ2) is 5.56. The molecule has 0 saturated carbocycles. The van der Waals surface area contributed by atoms with E-state index in [1.807, 2.05) is 13.8 Å². The van der Waals surface area contributed by atoms with E-state index in [1.165, 1.54) is 6.07 Å². The lowest BCUT2D eigenvalue weighted by Gasteiger charge is -2.16. The molecule has 6 nitrogen and oxygen atoms in total. The number of carbonyl (C=O) groups is 2. The van der Waals surface area contributed by atoms with Gasteiger partial charge in [0.15, 0.2) is 0 Å². The minimum Gasteiger partial charge on any atom is -0.422 e. The van der Waals surface area contributed by atoms with Crippen LogP contribution in [-0.2, 0) is 10.2 Å². The third-order valence-corrected chi connectivity index (χ3v) is 4.65. The van der Waals surface area contributed by atoms with Crippen LogP contribution in [0.5, 0.6) is 0 Å². The van der Waals surface area contributed by atoms with Crippen LogP contribution in [0.2, 0.25) is 0 Å². The molecule has 130 valence electrons. The van der Waals surface area contributed by atoms with E-state index in [4.69, 9.17) is 4.42 Å². The van der Waals surface area contributed by atoms with E-state index in [2.05, 4.69) is 10.6 Å². The Hall–Kier alpha value is -3.41. The Morgan fingerprint density at radius 1 is 1.08 bits per heavy atom. The van der Waals surface area contributed by atoms with E-state index in [-0.39, 0.29) is 11.5 Å². The summed E-state index contributed by atoms with van der Waals surface area (Å²) in [4.78, 5) is 36.7. The molecule has 0 atom stereocenters. The van der Waals surface area contributed by atoms with Crippen molar-refractivity contribution in [2.75, 3.05) is 10.6 Å². The number of rotatable bonds is 2. The number of para-hydroxylation sites is 1. The number of hydrogen-bond donors (Lipinski definition) is 2. The topological polar surface area (TPSA) is 88.4 Å². The molecule has 2 aromatic carbocycles. The van der Waals surface area contributed by atoms with Gasteiger partial charge in [0.05, 0.1) is 5.41 Å². The van der Waals surface area contributed by atoms with Crippen LogP contribution in [0.1, 0.15) is 29.8 Å². The zero-order valence-corrected chi connectivity index (χ0v) is 14.3. The molecule has 0 fully saturated rings. The average Bonchev–Trinajstić information content (AvgIpc) is 2.83. The normalized spacial score (nSPS) is 14.8. The standard InChI is InChI=1S/C20H16N2O4/c1-20(2)14-10-12(7-8-15(14)22-19(20)25)21-17(23)13-9-11-5-3-4-6-16(11)26-18(13)24/h3-10H,1-2H3,(H,21,23)(H,22,25). The Kier molecular flexibility index (Phi) is 3.44. The summed E-state index contributed by atoms with van der Waals surface area (Å²) < 4.78 is 5.20. The van der Waals surface area contributed by atoms with Gasteiger partial charge < -0.3 is 15.1 Å². The van der Waals surface area contributed by atoms with Gasteiger partial charge in [0, 0.05) is 16.8 Å². The minimum atomic E-state index is -0.695. The van der Waals surface area contributed by atoms with Crippen molar-refractivity contribution in [2.45, 2.75) is 19.3 Å². The van der Waals surface area contributed by atoms with E-state index >= 15 is 0 Å². The van der Waals surface area contributed by atoms with Crippen LogP contribution in [0.4, 0.5) is 11.4 Å². The first-order valence-corrected chi connectivity index (χ1v) is 8.16. The number of anilines is 2. The van der Waals surface area contributed by atoms with Crippen LogP contribution in [0.15, 0.2) is 57.7 Å². The molecule has 4 rings (SSSR count). The lowest BCUT2D eigenvalue weighted by molar-refractivity contribution is -0.119. The van der Waals surface area contributed by atoms with Gasteiger partial charge >= 0.3 is 5.63 Å². The molecular weight excluding hydrogens is 332 g/mol. The number of fused-ring (bicyclic) bond motifs is 2. The van der Waals surface area contributed by atoms with Crippen molar-refractivity contribution in [1.29, 1.82) is 0 Å². The molecule has 1 aromatic heterocycles. The number of hydrogen-bond acceptors (Lipinski definition) is 4. The molecule has 6 heteroatoms. The summed E-state index contributed by atoms with van der Waals surface area (Å²) in [6.45, 7) is 3.63. The number of carbonyl (C=O) groups excluding carboxylic acids is 2. The first-order chi connectivity index (χ1) is 12.4. The fraction of sp³-hybridized carbons (Fsp3) is 0.150. The van der Waals surface area contributed by atoms with Gasteiger partial charge in [0.2, 0.25) is 5.91 Å². The lowest BCUT2D eigenvalue weighted by Crippen LogP contribution is -2.27. The van der Waals surface area contributed by atoms with Gasteiger partial charge in [-0.15, -0.1) is 0 Å². The zero-order valence-electron chi connectivity index (χ0n) is 14.3. The Bertz CT molecular complexity index is 1130. The van der Waals surface area contributed by atoms with Crippen molar-refractivity contribution in [3.8, 4) is 0 Å². The van der Waals surface area contributed by atoms with Crippen molar-refractivity contribution in [1.82, 2.24) is 0 Å². The van der Waals surface area contributed by atoms with Gasteiger partial charge in [-0.2, -0.15) is 0 Å². The van der Waals surface area contributed by atoms with E-state index in [0.29, 0.717) is 16.7 Å². The van der Waals surface area contributed by atoms with Crippen molar-refractivity contribution in [3.63, 3.8) is 0 Å². The zero-order chi connectivity index (χ0) is 18.5. The Labute approximate surface area is 148 Å². The van der Waals surface area contributed by atoms with E-state index in [0.717, 1.165) is 11.3 Å². The molecular formula is C20H16N2O4. The van der Waals surface area contributed by atoms with Crippen molar-refractivity contribution in [3.05, 3.63) is 70.1 Å². The summed E-state index contributed by atoms with van der Waals surface area (Å²) >= 11 is 0. The Balaban J connectivity index is 1.68. The van der Waals surface area contributed by atoms with Gasteiger partial charge in [-0.3, -0.25) is 9.59 Å². The summed E-state index contributed by atoms with van der Waals surface area (Å²) in [7, 11) is 0. The fourth-order valence-electron chi connectivity index (χ4n) is 3.07. The van der Waals surface area contributed by atoms with Crippen LogP contribution in [-0.4, -0.2) is 11.8 Å². The molecule has 26 heavy (non-hydrogen) atoms. The van der Waals surface area contributed by atoms with Crippen molar-refractivity contribution in [2.24, 2.45) is 0 Å². The third-order valence-electron chi connectivity index (χ3n) is 4.65. The molecule has 3 aromatic rings. The summed E-state index contributed by atoms with van der Waals surface area (Å²) in [5.41, 5.74) is 1.01. The van der Waals surface area contributed by atoms with E-state index in [1.54, 1.807) is 42.5 Å². The second-order valence-corrected chi connectivity index (χ2v) is 6.78. The molecule has 1 aliphatic heterocycles. The van der Waals surface area contributed by atoms with Crippen molar-refractivity contribution >= 4 is 34.2 Å². The molecule has 0 spiro atoms. The van der Waals surface area contributed by atoms with Gasteiger partial charge in [-0.25, -0.2) is 4.79 Å². The van der Waals surface area contributed by atoms with Crippen LogP contribution in [0.3, 0.4) is 0 Å². The Morgan fingerprint density at radius 2 is 1.85 bits per heavy atom. The lowest BCUT2D eigenvalue weighted by atomic mass is 9.86. The molecule has 2 N–H and O–H groups in total. The van der Waals surface area contributed by atoms with E-state index < -0.39 is 16.9 Å². The van der Waals surface area contributed by atoms with Gasteiger partial charge in [0.25, 0.3) is 5.91 Å². The monoisotopic (exact) mass is 348 g/mol. The maximum atomic E-state index is 12.6. The molecule has 2 heterocycles. The van der Waals surface area contributed by atoms with Gasteiger partial charge in [-0.05, 0) is 49.7 Å². The van der Waals surface area contributed by atoms with Crippen LogP contribution >= 0.6 is 0 Å². The maximum absolute atomic E-state index is 12.6.